The molecule has 1 aromatic heterocycles. The summed E-state index contributed by atoms with van der Waals surface area (Å²) >= 11 is 6.09. The average Bonchev–Trinajstić information content (AvgIpc) is 2.42. The zero-order valence-electron chi connectivity index (χ0n) is 10.1. The lowest BCUT2D eigenvalue weighted by atomic mass is 10.1. The molecule has 1 N–H and O–H groups in total. The normalized spacial score (nSPS) is 12.5. The van der Waals surface area contributed by atoms with E-state index in [1.165, 1.54) is 0 Å². The van der Waals surface area contributed by atoms with Crippen molar-refractivity contribution in [1.82, 2.24) is 15.1 Å². The summed E-state index contributed by atoms with van der Waals surface area (Å²) in [5.41, 5.74) is 1.15. The maximum Gasteiger partial charge on any atom is 0.0831 e. The molecule has 0 saturated carbocycles. The number of nitrogens with zero attached hydrogens (tertiary/aromatic N) is 2. The summed E-state index contributed by atoms with van der Waals surface area (Å²) in [7, 11) is 0. The molecule has 1 aromatic rings. The van der Waals surface area contributed by atoms with Crippen LogP contribution in [0, 0.1) is 0 Å². The first-order valence-electron chi connectivity index (χ1n) is 5.28. The lowest BCUT2D eigenvalue weighted by Gasteiger charge is -2.21. The third-order valence-electron chi connectivity index (χ3n) is 2.12. The molecule has 0 aliphatic rings. The van der Waals surface area contributed by atoms with Gasteiger partial charge in [-0.2, -0.15) is 5.10 Å². The number of hydrogen-bond donors (Lipinski definition) is 1. The third-order valence-corrected chi connectivity index (χ3v) is 2.44. The van der Waals surface area contributed by atoms with E-state index in [1.54, 1.807) is 6.20 Å². The summed E-state index contributed by atoms with van der Waals surface area (Å²) in [6.07, 6.45) is 1.71. The Morgan fingerprint density at radius 3 is 2.53 bits per heavy atom. The van der Waals surface area contributed by atoms with Gasteiger partial charge >= 0.3 is 0 Å². The molecule has 3 nitrogen and oxygen atoms in total. The highest BCUT2D eigenvalue weighted by atomic mass is 35.5. The van der Waals surface area contributed by atoms with Crippen molar-refractivity contribution >= 4 is 11.6 Å². The summed E-state index contributed by atoms with van der Waals surface area (Å²) in [6, 6.07) is 0.342. The molecule has 4 heteroatoms. The van der Waals surface area contributed by atoms with E-state index in [0.29, 0.717) is 6.04 Å². The van der Waals surface area contributed by atoms with Crippen molar-refractivity contribution in [2.75, 3.05) is 0 Å². The van der Waals surface area contributed by atoms with Crippen LogP contribution in [0.25, 0.3) is 0 Å². The van der Waals surface area contributed by atoms with Crippen molar-refractivity contribution in [2.45, 2.75) is 52.7 Å². The second-order valence-electron chi connectivity index (χ2n) is 5.08. The molecular formula is C11H20ClN3. The molecule has 86 valence electrons. The highest BCUT2D eigenvalue weighted by molar-refractivity contribution is 6.31. The molecule has 0 saturated heterocycles. The first-order valence-corrected chi connectivity index (χ1v) is 5.66. The molecular weight excluding hydrogens is 210 g/mol. The van der Waals surface area contributed by atoms with Crippen LogP contribution < -0.4 is 5.32 Å². The predicted octanol–water partition coefficient (Wildman–Crippen LogP) is 3.01. The SMILES string of the molecule is CC(C)n1ncc(Cl)c1CNC(C)(C)C. The highest BCUT2D eigenvalue weighted by Crippen LogP contribution is 2.19. The van der Waals surface area contributed by atoms with Gasteiger partial charge in [0.05, 0.1) is 16.9 Å². The van der Waals surface area contributed by atoms with Crippen LogP contribution in [0.3, 0.4) is 0 Å². The van der Waals surface area contributed by atoms with Crippen molar-refractivity contribution < 1.29 is 0 Å². The molecule has 0 amide bonds. The van der Waals surface area contributed by atoms with E-state index in [4.69, 9.17) is 11.6 Å². The van der Waals surface area contributed by atoms with Gasteiger partial charge in [-0.1, -0.05) is 11.6 Å². The van der Waals surface area contributed by atoms with Crippen LogP contribution in [0.15, 0.2) is 6.20 Å². The van der Waals surface area contributed by atoms with Crippen molar-refractivity contribution in [2.24, 2.45) is 0 Å². The third kappa shape index (κ3) is 3.50. The quantitative estimate of drug-likeness (QED) is 0.864. The van der Waals surface area contributed by atoms with Crippen LogP contribution in [0.2, 0.25) is 5.02 Å². The minimum Gasteiger partial charge on any atom is -0.306 e. The van der Waals surface area contributed by atoms with Crippen LogP contribution in [-0.2, 0) is 6.54 Å². The van der Waals surface area contributed by atoms with Gasteiger partial charge in [-0.3, -0.25) is 4.68 Å². The average molecular weight is 230 g/mol. The van der Waals surface area contributed by atoms with Crippen molar-refractivity contribution in [3.8, 4) is 0 Å². The number of hydrogen-bond acceptors (Lipinski definition) is 2. The summed E-state index contributed by atoms with van der Waals surface area (Å²) in [4.78, 5) is 0. The monoisotopic (exact) mass is 229 g/mol. The van der Waals surface area contributed by atoms with Gasteiger partial charge in [0.2, 0.25) is 0 Å². The van der Waals surface area contributed by atoms with Gasteiger partial charge in [0.25, 0.3) is 0 Å². The maximum atomic E-state index is 6.09. The molecule has 1 heterocycles. The number of rotatable bonds is 3. The Hall–Kier alpha value is -0.540. The molecule has 0 bridgehead atoms. The molecule has 0 spiro atoms. The van der Waals surface area contributed by atoms with E-state index >= 15 is 0 Å². The molecule has 0 aliphatic carbocycles. The van der Waals surface area contributed by atoms with Crippen molar-refractivity contribution in [1.29, 1.82) is 0 Å². The van der Waals surface area contributed by atoms with Gasteiger partial charge in [-0.25, -0.2) is 0 Å². The van der Waals surface area contributed by atoms with Crippen LogP contribution in [0.4, 0.5) is 0 Å². The first kappa shape index (κ1) is 12.5. The van der Waals surface area contributed by atoms with Crippen LogP contribution in [0.1, 0.15) is 46.4 Å². The summed E-state index contributed by atoms with van der Waals surface area (Å²) < 4.78 is 1.96. The Bertz CT molecular complexity index is 323. The van der Waals surface area contributed by atoms with E-state index < -0.39 is 0 Å². The predicted molar refractivity (Wildman–Crippen MR) is 64.2 cm³/mol. The highest BCUT2D eigenvalue weighted by Gasteiger charge is 2.15. The zero-order valence-corrected chi connectivity index (χ0v) is 10.9. The Balaban J connectivity index is 2.79. The molecule has 0 atom stereocenters. The number of halogens is 1. The van der Waals surface area contributed by atoms with Gasteiger partial charge in [0.1, 0.15) is 0 Å². The van der Waals surface area contributed by atoms with E-state index in [1.807, 2.05) is 4.68 Å². The lowest BCUT2D eigenvalue weighted by Crippen LogP contribution is -2.36. The maximum absolute atomic E-state index is 6.09. The van der Waals surface area contributed by atoms with Gasteiger partial charge in [0, 0.05) is 18.1 Å². The summed E-state index contributed by atoms with van der Waals surface area (Å²) in [5, 5.41) is 8.41. The van der Waals surface area contributed by atoms with Crippen LogP contribution in [-0.4, -0.2) is 15.3 Å². The van der Waals surface area contributed by atoms with Crippen molar-refractivity contribution in [3.63, 3.8) is 0 Å². The minimum absolute atomic E-state index is 0.0927. The fourth-order valence-electron chi connectivity index (χ4n) is 1.33. The Morgan fingerprint density at radius 2 is 2.07 bits per heavy atom. The van der Waals surface area contributed by atoms with Crippen LogP contribution >= 0.6 is 11.6 Å². The summed E-state index contributed by atoms with van der Waals surface area (Å²) in [6.45, 7) is 11.4. The van der Waals surface area contributed by atoms with E-state index in [9.17, 15) is 0 Å². The van der Waals surface area contributed by atoms with E-state index in [0.717, 1.165) is 17.3 Å². The molecule has 0 radical (unpaired) electrons. The van der Waals surface area contributed by atoms with Gasteiger partial charge < -0.3 is 5.32 Å². The fourth-order valence-corrected chi connectivity index (χ4v) is 1.52. The Labute approximate surface area is 96.8 Å². The fraction of sp³-hybridized carbons (Fsp3) is 0.727. The molecule has 0 unspecified atom stereocenters. The second kappa shape index (κ2) is 4.54. The molecule has 15 heavy (non-hydrogen) atoms. The van der Waals surface area contributed by atoms with Crippen molar-refractivity contribution in [3.05, 3.63) is 16.9 Å². The molecule has 0 aliphatic heterocycles. The van der Waals surface area contributed by atoms with Crippen LogP contribution in [0.5, 0.6) is 0 Å². The van der Waals surface area contributed by atoms with Gasteiger partial charge in [0.15, 0.2) is 0 Å². The second-order valence-corrected chi connectivity index (χ2v) is 5.49. The smallest absolute Gasteiger partial charge is 0.0831 e. The lowest BCUT2D eigenvalue weighted by molar-refractivity contribution is 0.404. The largest absolute Gasteiger partial charge is 0.306 e. The van der Waals surface area contributed by atoms with E-state index in [-0.39, 0.29) is 5.54 Å². The Morgan fingerprint density at radius 1 is 1.47 bits per heavy atom. The first-order chi connectivity index (χ1) is 6.81. The van der Waals surface area contributed by atoms with Gasteiger partial charge in [-0.05, 0) is 34.6 Å². The standard InChI is InChI=1S/C11H20ClN3/c1-8(2)15-10(9(12)6-14-15)7-13-11(3,4)5/h6,8,13H,7H2,1-5H3. The van der Waals surface area contributed by atoms with Gasteiger partial charge in [-0.15, -0.1) is 0 Å². The zero-order chi connectivity index (χ0) is 11.6. The Kier molecular flexibility index (Phi) is 3.79. The number of aromatic nitrogens is 2. The molecule has 1 rings (SSSR count). The summed E-state index contributed by atoms with van der Waals surface area (Å²) in [5.74, 6) is 0. The number of nitrogens with one attached hydrogen (secondary N) is 1. The van der Waals surface area contributed by atoms with E-state index in [2.05, 4.69) is 45.0 Å². The molecule has 0 aromatic carbocycles. The molecule has 0 fully saturated rings. The minimum atomic E-state index is 0.0927. The topological polar surface area (TPSA) is 29.9 Å².